The lowest BCUT2D eigenvalue weighted by molar-refractivity contribution is 0.0616. The van der Waals surface area contributed by atoms with Crippen LogP contribution in [0.2, 0.25) is 0 Å². The van der Waals surface area contributed by atoms with Crippen molar-refractivity contribution in [2.75, 3.05) is 20.2 Å². The van der Waals surface area contributed by atoms with Crippen LogP contribution in [-0.4, -0.2) is 31.2 Å². The lowest BCUT2D eigenvalue weighted by Crippen LogP contribution is -2.23. The minimum Gasteiger partial charge on any atom is -0.465 e. The van der Waals surface area contributed by atoms with Crippen molar-refractivity contribution in [1.82, 2.24) is 4.90 Å². The first-order valence-electron chi connectivity index (χ1n) is 5.43. The molecular formula is C12H21NO2. The summed E-state index contributed by atoms with van der Waals surface area (Å²) in [4.78, 5) is 2.20. The highest BCUT2D eigenvalue weighted by molar-refractivity contribution is 5.05. The van der Waals surface area contributed by atoms with E-state index in [1.165, 1.54) is 0 Å². The summed E-state index contributed by atoms with van der Waals surface area (Å²) in [6.07, 6.45) is 0.309. The zero-order valence-corrected chi connectivity index (χ0v) is 10.1. The van der Waals surface area contributed by atoms with E-state index in [0.717, 1.165) is 31.2 Å². The van der Waals surface area contributed by atoms with Crippen LogP contribution < -0.4 is 0 Å². The maximum Gasteiger partial charge on any atom is 0.118 e. The predicted octanol–water partition coefficient (Wildman–Crippen LogP) is 2.44. The summed E-state index contributed by atoms with van der Waals surface area (Å²) < 4.78 is 11.0. The van der Waals surface area contributed by atoms with E-state index in [-0.39, 0.29) is 0 Å². The molecule has 0 atom stereocenters. The molecule has 1 aromatic rings. The minimum atomic E-state index is 0.309. The molecule has 0 unspecified atom stereocenters. The molecule has 1 aromatic heterocycles. The van der Waals surface area contributed by atoms with Gasteiger partial charge < -0.3 is 9.15 Å². The topological polar surface area (TPSA) is 25.6 Å². The van der Waals surface area contributed by atoms with Crippen LogP contribution in [0.4, 0.5) is 0 Å². The van der Waals surface area contributed by atoms with Crippen LogP contribution in [0, 0.1) is 6.92 Å². The average molecular weight is 211 g/mol. The Kier molecular flexibility index (Phi) is 4.85. The molecule has 0 bridgehead atoms. The molecule has 0 aromatic carbocycles. The van der Waals surface area contributed by atoms with Gasteiger partial charge in [-0.15, -0.1) is 0 Å². The van der Waals surface area contributed by atoms with Gasteiger partial charge in [0.25, 0.3) is 0 Å². The Labute approximate surface area is 92.0 Å². The molecule has 3 heteroatoms. The predicted molar refractivity (Wildman–Crippen MR) is 60.9 cm³/mol. The van der Waals surface area contributed by atoms with Gasteiger partial charge >= 0.3 is 0 Å². The SMILES string of the molecule is Cc1ccc(CN(C)CCOC(C)C)o1. The number of furan rings is 1. The van der Waals surface area contributed by atoms with Crippen molar-refractivity contribution in [3.05, 3.63) is 23.7 Å². The fraction of sp³-hybridized carbons (Fsp3) is 0.667. The van der Waals surface area contributed by atoms with Crippen molar-refractivity contribution >= 4 is 0 Å². The second-order valence-corrected chi connectivity index (χ2v) is 4.17. The van der Waals surface area contributed by atoms with Gasteiger partial charge in [-0.3, -0.25) is 4.90 Å². The van der Waals surface area contributed by atoms with Crippen LogP contribution in [0.25, 0.3) is 0 Å². The largest absolute Gasteiger partial charge is 0.465 e. The Hall–Kier alpha value is -0.800. The number of aryl methyl sites for hydroxylation is 1. The maximum atomic E-state index is 5.50. The normalized spacial score (nSPS) is 11.6. The lowest BCUT2D eigenvalue weighted by Gasteiger charge is -2.16. The van der Waals surface area contributed by atoms with E-state index in [1.807, 2.05) is 19.1 Å². The highest BCUT2D eigenvalue weighted by Gasteiger charge is 2.04. The summed E-state index contributed by atoms with van der Waals surface area (Å²) in [5.74, 6) is 1.98. The second-order valence-electron chi connectivity index (χ2n) is 4.17. The van der Waals surface area contributed by atoms with Crippen LogP contribution in [0.15, 0.2) is 16.5 Å². The molecule has 3 nitrogen and oxygen atoms in total. The number of hydrogen-bond acceptors (Lipinski definition) is 3. The summed E-state index contributed by atoms with van der Waals surface area (Å²) in [5, 5.41) is 0. The molecule has 0 saturated heterocycles. The molecule has 0 radical (unpaired) electrons. The van der Waals surface area contributed by atoms with Gasteiger partial charge in [0.15, 0.2) is 0 Å². The number of likely N-dealkylation sites (N-methyl/N-ethyl adjacent to an activating group) is 1. The molecule has 0 spiro atoms. The summed E-state index contributed by atoms with van der Waals surface area (Å²) >= 11 is 0. The van der Waals surface area contributed by atoms with E-state index < -0.39 is 0 Å². The van der Waals surface area contributed by atoms with E-state index in [2.05, 4.69) is 25.8 Å². The molecular weight excluding hydrogens is 190 g/mol. The number of hydrogen-bond donors (Lipinski definition) is 0. The molecule has 0 aliphatic heterocycles. The van der Waals surface area contributed by atoms with E-state index in [0.29, 0.717) is 6.10 Å². The average Bonchev–Trinajstić information content (AvgIpc) is 2.50. The highest BCUT2D eigenvalue weighted by atomic mass is 16.5. The quantitative estimate of drug-likeness (QED) is 0.722. The van der Waals surface area contributed by atoms with Crippen molar-refractivity contribution in [1.29, 1.82) is 0 Å². The van der Waals surface area contributed by atoms with Crippen LogP contribution in [0.1, 0.15) is 25.4 Å². The van der Waals surface area contributed by atoms with Gasteiger partial charge in [0.2, 0.25) is 0 Å². The Bertz CT molecular complexity index is 281. The molecule has 15 heavy (non-hydrogen) atoms. The third-order valence-corrected chi connectivity index (χ3v) is 2.15. The van der Waals surface area contributed by atoms with Gasteiger partial charge in [-0.1, -0.05) is 0 Å². The van der Waals surface area contributed by atoms with Gasteiger partial charge in [0.05, 0.1) is 19.3 Å². The van der Waals surface area contributed by atoms with Gasteiger partial charge in [-0.2, -0.15) is 0 Å². The van der Waals surface area contributed by atoms with Gasteiger partial charge in [-0.05, 0) is 40.0 Å². The zero-order chi connectivity index (χ0) is 11.3. The van der Waals surface area contributed by atoms with Crippen molar-refractivity contribution < 1.29 is 9.15 Å². The molecule has 1 heterocycles. The number of nitrogens with zero attached hydrogens (tertiary/aromatic N) is 1. The molecule has 0 aliphatic carbocycles. The van der Waals surface area contributed by atoms with Crippen LogP contribution in [0.3, 0.4) is 0 Å². The second kappa shape index (κ2) is 5.93. The molecule has 1 rings (SSSR count). The first-order valence-corrected chi connectivity index (χ1v) is 5.43. The highest BCUT2D eigenvalue weighted by Crippen LogP contribution is 2.08. The first-order chi connectivity index (χ1) is 7.08. The molecule has 0 aliphatic rings. The zero-order valence-electron chi connectivity index (χ0n) is 10.1. The van der Waals surface area contributed by atoms with Crippen molar-refractivity contribution in [3.63, 3.8) is 0 Å². The van der Waals surface area contributed by atoms with E-state index in [1.54, 1.807) is 0 Å². The first kappa shape index (κ1) is 12.3. The lowest BCUT2D eigenvalue weighted by atomic mass is 10.4. The van der Waals surface area contributed by atoms with E-state index in [9.17, 15) is 0 Å². The Morgan fingerprint density at radius 2 is 2.13 bits per heavy atom. The smallest absolute Gasteiger partial charge is 0.118 e. The van der Waals surface area contributed by atoms with E-state index >= 15 is 0 Å². The number of rotatable bonds is 6. The maximum absolute atomic E-state index is 5.50. The Balaban J connectivity index is 2.21. The summed E-state index contributed by atoms with van der Waals surface area (Å²) in [5.41, 5.74) is 0. The van der Waals surface area contributed by atoms with Gasteiger partial charge in [0.1, 0.15) is 11.5 Å². The monoisotopic (exact) mass is 211 g/mol. The van der Waals surface area contributed by atoms with Crippen LogP contribution >= 0.6 is 0 Å². The van der Waals surface area contributed by atoms with E-state index in [4.69, 9.17) is 9.15 Å². The molecule has 0 amide bonds. The fourth-order valence-electron chi connectivity index (χ4n) is 1.36. The Morgan fingerprint density at radius 1 is 1.40 bits per heavy atom. The van der Waals surface area contributed by atoms with Crippen molar-refractivity contribution in [2.24, 2.45) is 0 Å². The molecule has 0 fully saturated rings. The molecule has 0 saturated carbocycles. The summed E-state index contributed by atoms with van der Waals surface area (Å²) in [6.45, 7) is 8.61. The fourth-order valence-corrected chi connectivity index (χ4v) is 1.36. The van der Waals surface area contributed by atoms with Gasteiger partial charge in [0, 0.05) is 6.54 Å². The van der Waals surface area contributed by atoms with Gasteiger partial charge in [-0.25, -0.2) is 0 Å². The van der Waals surface area contributed by atoms with Crippen LogP contribution in [-0.2, 0) is 11.3 Å². The molecule has 0 N–H and O–H groups in total. The molecule has 86 valence electrons. The summed E-state index contributed by atoms with van der Waals surface area (Å²) in [7, 11) is 2.07. The standard InChI is InChI=1S/C12H21NO2/c1-10(2)14-8-7-13(4)9-12-6-5-11(3)15-12/h5-6,10H,7-9H2,1-4H3. The van der Waals surface area contributed by atoms with Crippen molar-refractivity contribution in [3.8, 4) is 0 Å². The minimum absolute atomic E-state index is 0.309. The van der Waals surface area contributed by atoms with Crippen molar-refractivity contribution in [2.45, 2.75) is 33.4 Å². The van der Waals surface area contributed by atoms with Crippen LogP contribution in [0.5, 0.6) is 0 Å². The Morgan fingerprint density at radius 3 is 2.67 bits per heavy atom. The summed E-state index contributed by atoms with van der Waals surface area (Å²) in [6, 6.07) is 4.02. The third kappa shape index (κ3) is 5.00. The third-order valence-electron chi connectivity index (χ3n) is 2.15. The number of ether oxygens (including phenoxy) is 1.